The van der Waals surface area contributed by atoms with Crippen LogP contribution in [-0.4, -0.2) is 40.3 Å². The summed E-state index contributed by atoms with van der Waals surface area (Å²) in [5.41, 5.74) is 1.65. The third-order valence-electron chi connectivity index (χ3n) is 3.67. The van der Waals surface area contributed by atoms with Crippen molar-refractivity contribution in [3.63, 3.8) is 0 Å². The minimum Gasteiger partial charge on any atom is -0.394 e. The number of carbonyl (C=O) groups excluding carboxylic acids is 1. The van der Waals surface area contributed by atoms with Crippen molar-refractivity contribution in [3.8, 4) is 0 Å². The van der Waals surface area contributed by atoms with Crippen LogP contribution in [0.15, 0.2) is 4.52 Å². The molecule has 0 saturated carbocycles. The van der Waals surface area contributed by atoms with Gasteiger partial charge in [0, 0.05) is 12.1 Å². The summed E-state index contributed by atoms with van der Waals surface area (Å²) in [7, 11) is 0. The van der Waals surface area contributed by atoms with Crippen LogP contribution in [0.3, 0.4) is 0 Å². The minimum atomic E-state index is -0.0216. The second kappa shape index (κ2) is 5.52. The Morgan fingerprint density at radius 3 is 2.89 bits per heavy atom. The molecule has 5 heteroatoms. The Labute approximate surface area is 107 Å². The van der Waals surface area contributed by atoms with E-state index in [4.69, 9.17) is 4.52 Å². The SMILES string of the molecule is Cc1noc(C)c1CC(=O)N1CCCCC1CO. The fourth-order valence-electron chi connectivity index (χ4n) is 2.53. The van der Waals surface area contributed by atoms with Crippen LogP contribution in [-0.2, 0) is 11.2 Å². The number of hydrogen-bond donors (Lipinski definition) is 1. The molecule has 0 aliphatic carbocycles. The molecular formula is C13H20N2O3. The largest absolute Gasteiger partial charge is 0.394 e. The zero-order valence-electron chi connectivity index (χ0n) is 11.0. The molecule has 1 aromatic heterocycles. The van der Waals surface area contributed by atoms with Crippen LogP contribution in [0.2, 0.25) is 0 Å². The molecule has 1 N–H and O–H groups in total. The lowest BCUT2D eigenvalue weighted by Gasteiger charge is -2.34. The zero-order valence-corrected chi connectivity index (χ0v) is 11.0. The van der Waals surface area contributed by atoms with Crippen molar-refractivity contribution in [1.29, 1.82) is 0 Å². The number of piperidine rings is 1. The van der Waals surface area contributed by atoms with Gasteiger partial charge < -0.3 is 14.5 Å². The van der Waals surface area contributed by atoms with Gasteiger partial charge in [0.15, 0.2) is 0 Å². The van der Waals surface area contributed by atoms with E-state index in [0.717, 1.165) is 37.1 Å². The Morgan fingerprint density at radius 2 is 2.28 bits per heavy atom. The number of aliphatic hydroxyl groups excluding tert-OH is 1. The second-order valence-electron chi connectivity index (χ2n) is 4.90. The first-order valence-electron chi connectivity index (χ1n) is 6.45. The second-order valence-corrected chi connectivity index (χ2v) is 4.90. The highest BCUT2D eigenvalue weighted by Gasteiger charge is 2.27. The van der Waals surface area contributed by atoms with Crippen molar-refractivity contribution in [2.24, 2.45) is 0 Å². The van der Waals surface area contributed by atoms with Crippen LogP contribution in [0.1, 0.15) is 36.3 Å². The lowest BCUT2D eigenvalue weighted by atomic mass is 10.0. The number of aromatic nitrogens is 1. The van der Waals surface area contributed by atoms with Crippen LogP contribution in [0.5, 0.6) is 0 Å². The molecule has 0 aromatic carbocycles. The van der Waals surface area contributed by atoms with Gasteiger partial charge >= 0.3 is 0 Å². The summed E-state index contributed by atoms with van der Waals surface area (Å²) in [4.78, 5) is 14.1. The summed E-state index contributed by atoms with van der Waals surface area (Å²) in [6, 6.07) is -0.0216. The van der Waals surface area contributed by atoms with Gasteiger partial charge in [-0.15, -0.1) is 0 Å². The third kappa shape index (κ3) is 2.56. The van der Waals surface area contributed by atoms with Crippen LogP contribution in [0.4, 0.5) is 0 Å². The maximum Gasteiger partial charge on any atom is 0.227 e. The predicted octanol–water partition coefficient (Wildman–Crippen LogP) is 1.21. The van der Waals surface area contributed by atoms with Gasteiger partial charge in [0.1, 0.15) is 5.76 Å². The lowest BCUT2D eigenvalue weighted by Crippen LogP contribution is -2.46. The molecule has 1 fully saturated rings. The van der Waals surface area contributed by atoms with E-state index in [9.17, 15) is 9.90 Å². The lowest BCUT2D eigenvalue weighted by molar-refractivity contribution is -0.135. The molecule has 1 saturated heterocycles. The molecule has 0 spiro atoms. The molecular weight excluding hydrogens is 232 g/mol. The summed E-state index contributed by atoms with van der Waals surface area (Å²) >= 11 is 0. The van der Waals surface area contributed by atoms with Crippen molar-refractivity contribution < 1.29 is 14.4 Å². The zero-order chi connectivity index (χ0) is 13.1. The topological polar surface area (TPSA) is 66.6 Å². The highest BCUT2D eigenvalue weighted by Crippen LogP contribution is 2.20. The van der Waals surface area contributed by atoms with Crippen LogP contribution < -0.4 is 0 Å². The molecule has 100 valence electrons. The highest BCUT2D eigenvalue weighted by molar-refractivity contribution is 5.79. The van der Waals surface area contributed by atoms with Crippen LogP contribution >= 0.6 is 0 Å². The number of aliphatic hydroxyl groups is 1. The first-order chi connectivity index (χ1) is 8.63. The van der Waals surface area contributed by atoms with Crippen molar-refractivity contribution >= 4 is 5.91 Å². The average Bonchev–Trinajstić information content (AvgIpc) is 2.70. The van der Waals surface area contributed by atoms with Gasteiger partial charge in [-0.2, -0.15) is 0 Å². The quantitative estimate of drug-likeness (QED) is 0.878. The Balaban J connectivity index is 2.07. The predicted molar refractivity (Wildman–Crippen MR) is 66.1 cm³/mol. The van der Waals surface area contributed by atoms with E-state index >= 15 is 0 Å². The van der Waals surface area contributed by atoms with Crippen molar-refractivity contribution in [3.05, 3.63) is 17.0 Å². The van der Waals surface area contributed by atoms with Gasteiger partial charge in [-0.3, -0.25) is 4.79 Å². The Kier molecular flexibility index (Phi) is 4.01. The molecule has 5 nitrogen and oxygen atoms in total. The standard InChI is InChI=1S/C13H20N2O3/c1-9-12(10(2)18-14-9)7-13(17)15-6-4-3-5-11(15)8-16/h11,16H,3-8H2,1-2H3. The fourth-order valence-corrected chi connectivity index (χ4v) is 2.53. The molecule has 1 aliphatic rings. The molecule has 1 unspecified atom stereocenters. The number of hydrogen-bond acceptors (Lipinski definition) is 4. The monoisotopic (exact) mass is 252 g/mol. The van der Waals surface area contributed by atoms with Crippen molar-refractivity contribution in [2.75, 3.05) is 13.2 Å². The number of rotatable bonds is 3. The maximum absolute atomic E-state index is 12.3. The average molecular weight is 252 g/mol. The van der Waals surface area contributed by atoms with Crippen molar-refractivity contribution in [1.82, 2.24) is 10.1 Å². The summed E-state index contributed by atoms with van der Waals surface area (Å²) in [5.74, 6) is 0.765. The normalized spacial score (nSPS) is 20.2. The summed E-state index contributed by atoms with van der Waals surface area (Å²) in [6.45, 7) is 4.46. The first-order valence-corrected chi connectivity index (χ1v) is 6.45. The molecule has 0 bridgehead atoms. The van der Waals surface area contributed by atoms with E-state index in [1.807, 2.05) is 13.8 Å². The number of nitrogens with zero attached hydrogens (tertiary/aromatic N) is 2. The Morgan fingerprint density at radius 1 is 1.50 bits per heavy atom. The van der Waals surface area contributed by atoms with E-state index in [1.54, 1.807) is 4.90 Å². The Hall–Kier alpha value is -1.36. The first kappa shape index (κ1) is 13.1. The molecule has 0 radical (unpaired) electrons. The van der Waals surface area contributed by atoms with Gasteiger partial charge in [0.05, 0.1) is 24.8 Å². The van der Waals surface area contributed by atoms with Gasteiger partial charge in [-0.25, -0.2) is 0 Å². The van der Waals surface area contributed by atoms with Crippen molar-refractivity contribution in [2.45, 2.75) is 45.6 Å². The molecule has 2 heterocycles. The molecule has 2 rings (SSSR count). The molecule has 1 amide bonds. The maximum atomic E-state index is 12.3. The molecule has 1 aliphatic heterocycles. The van der Waals surface area contributed by atoms with Gasteiger partial charge in [-0.1, -0.05) is 5.16 Å². The summed E-state index contributed by atoms with van der Waals surface area (Å²) in [5, 5.41) is 13.2. The number of carbonyl (C=O) groups is 1. The van der Waals surface area contributed by atoms with Crippen LogP contribution in [0, 0.1) is 13.8 Å². The van der Waals surface area contributed by atoms with Gasteiger partial charge in [0.2, 0.25) is 5.91 Å². The summed E-state index contributed by atoms with van der Waals surface area (Å²) in [6.07, 6.45) is 3.31. The number of amides is 1. The van der Waals surface area contributed by atoms with Crippen LogP contribution in [0.25, 0.3) is 0 Å². The third-order valence-corrected chi connectivity index (χ3v) is 3.67. The van der Waals surface area contributed by atoms with E-state index in [2.05, 4.69) is 5.16 Å². The summed E-state index contributed by atoms with van der Waals surface area (Å²) < 4.78 is 5.07. The van der Waals surface area contributed by atoms with E-state index in [-0.39, 0.29) is 18.6 Å². The van der Waals surface area contributed by atoms with E-state index < -0.39 is 0 Å². The smallest absolute Gasteiger partial charge is 0.227 e. The Bertz CT molecular complexity index is 408. The van der Waals surface area contributed by atoms with Gasteiger partial charge in [0.25, 0.3) is 0 Å². The molecule has 1 aromatic rings. The number of likely N-dealkylation sites (tertiary alicyclic amines) is 1. The number of aryl methyl sites for hydroxylation is 2. The van der Waals surface area contributed by atoms with E-state index in [1.165, 1.54) is 0 Å². The van der Waals surface area contributed by atoms with Gasteiger partial charge in [-0.05, 0) is 33.1 Å². The highest BCUT2D eigenvalue weighted by atomic mass is 16.5. The minimum absolute atomic E-state index is 0.0216. The van der Waals surface area contributed by atoms with E-state index in [0.29, 0.717) is 12.2 Å². The fraction of sp³-hybridized carbons (Fsp3) is 0.692. The molecule has 18 heavy (non-hydrogen) atoms. The molecule has 1 atom stereocenters.